The molecule has 88 valence electrons. The van der Waals surface area contributed by atoms with Crippen molar-refractivity contribution in [3.63, 3.8) is 0 Å². The van der Waals surface area contributed by atoms with Crippen LogP contribution in [-0.4, -0.2) is 9.97 Å². The molecule has 1 aromatic carbocycles. The first-order valence-corrected chi connectivity index (χ1v) is 6.41. The molecule has 0 spiro atoms. The van der Waals surface area contributed by atoms with E-state index in [2.05, 4.69) is 42.0 Å². The van der Waals surface area contributed by atoms with Crippen molar-refractivity contribution in [1.29, 1.82) is 0 Å². The molecular weight excluding hydrogens is 230 g/mol. The van der Waals surface area contributed by atoms with Crippen molar-refractivity contribution in [1.82, 2.24) is 9.97 Å². The third-order valence-electron chi connectivity index (χ3n) is 2.64. The average Bonchev–Trinajstić information content (AvgIpc) is 2.32. The number of rotatable bonds is 3. The Morgan fingerprint density at radius 2 is 1.88 bits per heavy atom. The van der Waals surface area contributed by atoms with Gasteiger partial charge < -0.3 is 5.73 Å². The molecule has 0 unspecified atom stereocenters. The lowest BCUT2D eigenvalue weighted by Crippen LogP contribution is -1.95. The fraction of sp³-hybridized carbons (Fsp3) is 0.231. The third kappa shape index (κ3) is 2.97. The van der Waals surface area contributed by atoms with Gasteiger partial charge in [0.1, 0.15) is 5.03 Å². The van der Waals surface area contributed by atoms with Crippen LogP contribution in [0.3, 0.4) is 0 Å². The minimum Gasteiger partial charge on any atom is -0.381 e. The van der Waals surface area contributed by atoms with Gasteiger partial charge in [-0.25, -0.2) is 9.97 Å². The highest BCUT2D eigenvalue weighted by Crippen LogP contribution is 2.24. The Morgan fingerprint density at radius 1 is 1.12 bits per heavy atom. The van der Waals surface area contributed by atoms with Gasteiger partial charge in [0.25, 0.3) is 0 Å². The fourth-order valence-corrected chi connectivity index (χ4v) is 2.31. The van der Waals surface area contributed by atoms with Gasteiger partial charge in [-0.1, -0.05) is 30.0 Å². The molecule has 0 amide bonds. The summed E-state index contributed by atoms with van der Waals surface area (Å²) >= 11 is 1.62. The van der Waals surface area contributed by atoms with Crippen molar-refractivity contribution in [2.45, 2.75) is 24.6 Å². The molecule has 2 N–H and O–H groups in total. The van der Waals surface area contributed by atoms with E-state index in [4.69, 9.17) is 5.73 Å². The van der Waals surface area contributed by atoms with Crippen LogP contribution in [0.5, 0.6) is 0 Å². The Bertz CT molecular complexity index is 526. The minimum absolute atomic E-state index is 0.501. The van der Waals surface area contributed by atoms with Crippen molar-refractivity contribution < 1.29 is 0 Å². The summed E-state index contributed by atoms with van der Waals surface area (Å²) in [6.45, 7) is 4.24. The zero-order valence-corrected chi connectivity index (χ0v) is 10.8. The Labute approximate surface area is 105 Å². The normalized spacial score (nSPS) is 10.5. The summed E-state index contributed by atoms with van der Waals surface area (Å²) in [7, 11) is 0. The zero-order valence-electron chi connectivity index (χ0n) is 9.97. The monoisotopic (exact) mass is 245 g/mol. The number of hydrogen-bond donors (Lipinski definition) is 1. The molecule has 1 heterocycles. The lowest BCUT2D eigenvalue weighted by Gasteiger charge is -2.05. The van der Waals surface area contributed by atoms with Crippen LogP contribution in [-0.2, 0) is 5.75 Å². The van der Waals surface area contributed by atoms with Crippen LogP contribution < -0.4 is 5.73 Å². The predicted molar refractivity (Wildman–Crippen MR) is 71.9 cm³/mol. The highest BCUT2D eigenvalue weighted by molar-refractivity contribution is 7.98. The molecule has 3 nitrogen and oxygen atoms in total. The number of nitrogen functional groups attached to an aromatic ring is 1. The Kier molecular flexibility index (Phi) is 3.64. The van der Waals surface area contributed by atoms with Crippen molar-refractivity contribution in [2.75, 3.05) is 5.73 Å². The molecule has 2 rings (SSSR count). The van der Waals surface area contributed by atoms with E-state index in [1.54, 1.807) is 24.2 Å². The van der Waals surface area contributed by atoms with Crippen LogP contribution in [0, 0.1) is 13.8 Å². The second-order valence-electron chi connectivity index (χ2n) is 3.95. The quantitative estimate of drug-likeness (QED) is 0.845. The highest BCUT2D eigenvalue weighted by Gasteiger charge is 2.03. The molecule has 0 fully saturated rings. The minimum atomic E-state index is 0.501. The van der Waals surface area contributed by atoms with Crippen LogP contribution in [0.15, 0.2) is 35.6 Å². The van der Waals surface area contributed by atoms with E-state index in [-0.39, 0.29) is 0 Å². The number of aromatic nitrogens is 2. The van der Waals surface area contributed by atoms with E-state index in [9.17, 15) is 0 Å². The summed E-state index contributed by atoms with van der Waals surface area (Å²) in [6.07, 6.45) is 3.27. The predicted octanol–water partition coefficient (Wildman–Crippen LogP) is 2.97. The summed E-state index contributed by atoms with van der Waals surface area (Å²) in [5, 5.41) is 0.797. The Morgan fingerprint density at radius 3 is 2.59 bits per heavy atom. The number of aryl methyl sites for hydroxylation is 2. The summed E-state index contributed by atoms with van der Waals surface area (Å²) in [5.74, 6) is 1.37. The number of nitrogens with two attached hydrogens (primary N) is 1. The first-order chi connectivity index (χ1) is 8.16. The lowest BCUT2D eigenvalue weighted by atomic mass is 10.1. The summed E-state index contributed by atoms with van der Waals surface area (Å²) in [4.78, 5) is 8.23. The fourth-order valence-electron chi connectivity index (χ4n) is 1.49. The molecule has 0 aliphatic carbocycles. The molecule has 0 bridgehead atoms. The smallest absolute Gasteiger partial charge is 0.156 e. The SMILES string of the molecule is Cc1ccc(CSc2nccnc2N)cc1C. The van der Waals surface area contributed by atoms with E-state index in [0.717, 1.165) is 10.8 Å². The maximum absolute atomic E-state index is 5.74. The van der Waals surface area contributed by atoms with Gasteiger partial charge in [-0.3, -0.25) is 0 Å². The second-order valence-corrected chi connectivity index (χ2v) is 4.92. The van der Waals surface area contributed by atoms with Crippen molar-refractivity contribution in [2.24, 2.45) is 0 Å². The van der Waals surface area contributed by atoms with Crippen LogP contribution in [0.2, 0.25) is 0 Å². The lowest BCUT2D eigenvalue weighted by molar-refractivity contribution is 1.07. The molecule has 17 heavy (non-hydrogen) atoms. The summed E-state index contributed by atoms with van der Waals surface area (Å²) in [6, 6.07) is 6.49. The van der Waals surface area contributed by atoms with E-state index < -0.39 is 0 Å². The number of benzene rings is 1. The van der Waals surface area contributed by atoms with Gasteiger partial charge in [0, 0.05) is 18.1 Å². The van der Waals surface area contributed by atoms with Gasteiger partial charge in [0.2, 0.25) is 0 Å². The number of nitrogens with zero attached hydrogens (tertiary/aromatic N) is 2. The number of thioether (sulfide) groups is 1. The average molecular weight is 245 g/mol. The maximum atomic E-state index is 5.74. The van der Waals surface area contributed by atoms with Crippen LogP contribution in [0.1, 0.15) is 16.7 Å². The van der Waals surface area contributed by atoms with Gasteiger partial charge >= 0.3 is 0 Å². The summed E-state index contributed by atoms with van der Waals surface area (Å²) < 4.78 is 0. The third-order valence-corrected chi connectivity index (χ3v) is 3.70. The van der Waals surface area contributed by atoms with Gasteiger partial charge in [0.15, 0.2) is 5.82 Å². The van der Waals surface area contributed by atoms with Gasteiger partial charge in [0.05, 0.1) is 0 Å². The molecule has 2 aromatic rings. The van der Waals surface area contributed by atoms with Gasteiger partial charge in [-0.2, -0.15) is 0 Å². The molecule has 0 atom stereocenters. The summed E-state index contributed by atoms with van der Waals surface area (Å²) in [5.41, 5.74) is 9.66. The standard InChI is InChI=1S/C13H15N3S/c1-9-3-4-11(7-10(9)2)8-17-13-12(14)15-5-6-16-13/h3-7H,8H2,1-2H3,(H2,14,15). The Hall–Kier alpha value is -1.55. The van der Waals surface area contributed by atoms with Crippen LogP contribution in [0.4, 0.5) is 5.82 Å². The first-order valence-electron chi connectivity index (χ1n) is 5.42. The largest absolute Gasteiger partial charge is 0.381 e. The van der Waals surface area contributed by atoms with E-state index in [1.807, 2.05) is 0 Å². The number of anilines is 1. The van der Waals surface area contributed by atoms with Crippen molar-refractivity contribution in [3.8, 4) is 0 Å². The second kappa shape index (κ2) is 5.19. The van der Waals surface area contributed by atoms with E-state index >= 15 is 0 Å². The zero-order chi connectivity index (χ0) is 12.3. The van der Waals surface area contributed by atoms with Crippen LogP contribution >= 0.6 is 11.8 Å². The van der Waals surface area contributed by atoms with Crippen LogP contribution in [0.25, 0.3) is 0 Å². The molecular formula is C13H15N3S. The molecule has 4 heteroatoms. The number of hydrogen-bond acceptors (Lipinski definition) is 4. The van der Waals surface area contributed by atoms with E-state index in [1.165, 1.54) is 16.7 Å². The molecule has 0 saturated heterocycles. The topological polar surface area (TPSA) is 51.8 Å². The Balaban J connectivity index is 2.08. The molecule has 0 aliphatic heterocycles. The van der Waals surface area contributed by atoms with Gasteiger partial charge in [-0.15, -0.1) is 0 Å². The first kappa shape index (κ1) is 11.9. The van der Waals surface area contributed by atoms with Gasteiger partial charge in [-0.05, 0) is 30.5 Å². The van der Waals surface area contributed by atoms with Crippen molar-refractivity contribution in [3.05, 3.63) is 47.3 Å². The van der Waals surface area contributed by atoms with E-state index in [0.29, 0.717) is 5.82 Å². The van der Waals surface area contributed by atoms with Crippen molar-refractivity contribution >= 4 is 17.6 Å². The molecule has 1 aromatic heterocycles. The highest BCUT2D eigenvalue weighted by atomic mass is 32.2. The maximum Gasteiger partial charge on any atom is 0.156 e. The molecule has 0 radical (unpaired) electrons. The molecule has 0 saturated carbocycles. The molecule has 0 aliphatic rings.